The number of likely N-dealkylation sites (tertiary alicyclic amines) is 1. The van der Waals surface area contributed by atoms with Crippen molar-refractivity contribution in [2.45, 2.75) is 42.9 Å². The van der Waals surface area contributed by atoms with Gasteiger partial charge in [0.15, 0.2) is 0 Å². The number of amides is 2. The number of thiazole rings is 1. The first-order chi connectivity index (χ1) is 17.3. The summed E-state index contributed by atoms with van der Waals surface area (Å²) < 4.78 is 0. The second-order valence-corrected chi connectivity index (χ2v) is 12.4. The molecule has 0 spiro atoms. The molecule has 2 bridgehead atoms. The molecule has 10 heteroatoms. The summed E-state index contributed by atoms with van der Waals surface area (Å²) in [7, 11) is 0. The topological polar surface area (TPSA) is 111 Å². The van der Waals surface area contributed by atoms with Crippen LogP contribution in [0.3, 0.4) is 0 Å². The van der Waals surface area contributed by atoms with Gasteiger partial charge in [0.25, 0.3) is 0 Å². The van der Waals surface area contributed by atoms with Crippen molar-refractivity contribution < 1.29 is 19.5 Å². The third kappa shape index (κ3) is 3.40. The summed E-state index contributed by atoms with van der Waals surface area (Å²) >= 11 is 2.92. The van der Waals surface area contributed by atoms with Gasteiger partial charge in [-0.25, -0.2) is 0 Å². The molecule has 1 aromatic heterocycles. The Morgan fingerprint density at radius 3 is 2.39 bits per heavy atom. The van der Waals surface area contributed by atoms with Gasteiger partial charge >= 0.3 is 10.8 Å². The van der Waals surface area contributed by atoms with Crippen LogP contribution >= 0.6 is 23.1 Å². The molecule has 2 aliphatic carbocycles. The van der Waals surface area contributed by atoms with Crippen molar-refractivity contribution in [2.75, 3.05) is 24.5 Å². The van der Waals surface area contributed by atoms with Crippen LogP contribution in [0.2, 0.25) is 0 Å². The lowest BCUT2D eigenvalue weighted by Crippen LogP contribution is -2.42. The molecule has 0 radical (unpaired) electrons. The van der Waals surface area contributed by atoms with Gasteiger partial charge in [0.05, 0.1) is 23.3 Å². The number of carboxylic acid groups (broad SMARTS) is 1. The summed E-state index contributed by atoms with van der Waals surface area (Å²) in [6, 6.07) is 8.59. The number of fused-ring (bicyclic) bond motifs is 9. The first-order valence-electron chi connectivity index (χ1n) is 12.7. The monoisotopic (exact) mass is 527 g/mol. The highest BCUT2D eigenvalue weighted by molar-refractivity contribution is 8.00. The molecule has 7 atom stereocenters. The van der Waals surface area contributed by atoms with Gasteiger partial charge < -0.3 is 15.0 Å². The predicted octanol–water partition coefficient (Wildman–Crippen LogP) is 3.23. The van der Waals surface area contributed by atoms with Crippen LogP contribution in [-0.2, 0) is 14.4 Å². The first-order valence-corrected chi connectivity index (χ1v) is 14.3. The van der Waals surface area contributed by atoms with E-state index < -0.39 is 5.97 Å². The summed E-state index contributed by atoms with van der Waals surface area (Å²) in [4.78, 5) is 57.7. The van der Waals surface area contributed by atoms with Gasteiger partial charge in [-0.15, -0.1) is 11.8 Å². The van der Waals surface area contributed by atoms with E-state index in [4.69, 9.17) is 5.11 Å². The molecular formula is C26H29N3O5S2. The molecule has 8 nitrogen and oxygen atoms in total. The number of imide groups is 1. The Bertz CT molecular complexity index is 1280. The van der Waals surface area contributed by atoms with Gasteiger partial charge in [-0.1, -0.05) is 23.5 Å². The SMILES string of the molecule is CCN(CC)c1ccc([C@H]2c3sc(=O)[nH]c3S[C@@H]3[C@H]4C[C@@H]([C@@H]5C(=O)N(CCC(=O)O)C(=O)[C@@H]45)[C@H]23)cc1. The Labute approximate surface area is 217 Å². The number of carbonyl (C=O) groups is 3. The van der Waals surface area contributed by atoms with Crippen LogP contribution in [0.4, 0.5) is 5.69 Å². The van der Waals surface area contributed by atoms with Gasteiger partial charge in [0.2, 0.25) is 11.8 Å². The van der Waals surface area contributed by atoms with Crippen molar-refractivity contribution in [3.05, 3.63) is 44.4 Å². The molecule has 2 aliphatic heterocycles. The molecule has 6 rings (SSSR count). The lowest BCUT2D eigenvalue weighted by Gasteiger charge is -2.43. The number of aliphatic carboxylic acids is 1. The standard InChI is InChI=1S/C26H29N3O5S2/c1-3-28(4-2)13-7-5-12(6-8-13)17-18-14-11-15(21(18)35-23-22(17)36-26(34)27-23)20-19(14)24(32)29(25(20)33)10-9-16(30)31/h5-8,14-15,17-21H,3-4,9-11H2,1-2H3,(H,27,34)(H,30,31)/t14-,15+,17-,18-,19+,20+,21-/m1/s1. The van der Waals surface area contributed by atoms with Crippen molar-refractivity contribution in [2.24, 2.45) is 29.6 Å². The molecule has 1 saturated heterocycles. The second-order valence-electron chi connectivity index (χ2n) is 10.2. The third-order valence-corrected chi connectivity index (χ3v) is 11.3. The Morgan fingerprint density at radius 2 is 1.75 bits per heavy atom. The van der Waals surface area contributed by atoms with E-state index in [1.807, 2.05) is 0 Å². The van der Waals surface area contributed by atoms with Crippen LogP contribution in [0.5, 0.6) is 0 Å². The van der Waals surface area contributed by atoms with Crippen LogP contribution in [0.15, 0.2) is 34.1 Å². The van der Waals surface area contributed by atoms with E-state index >= 15 is 0 Å². The lowest BCUT2D eigenvalue weighted by molar-refractivity contribution is -0.142. The molecule has 2 N–H and O–H groups in total. The molecule has 36 heavy (non-hydrogen) atoms. The summed E-state index contributed by atoms with van der Waals surface area (Å²) in [5.74, 6) is -1.94. The number of benzene rings is 1. The normalized spacial score (nSPS) is 31.9. The largest absolute Gasteiger partial charge is 0.481 e. The van der Waals surface area contributed by atoms with Gasteiger partial charge in [0.1, 0.15) is 0 Å². The highest BCUT2D eigenvalue weighted by Gasteiger charge is 2.69. The molecular weight excluding hydrogens is 498 g/mol. The number of carboxylic acids is 1. The number of hydrogen-bond acceptors (Lipinski definition) is 7. The van der Waals surface area contributed by atoms with Crippen molar-refractivity contribution in [3.8, 4) is 0 Å². The zero-order valence-corrected chi connectivity index (χ0v) is 21.8. The third-order valence-electron chi connectivity index (χ3n) is 8.75. The molecule has 2 amide bonds. The molecule has 0 unspecified atom stereocenters. The minimum atomic E-state index is -1.01. The average molecular weight is 528 g/mol. The van der Waals surface area contributed by atoms with Crippen molar-refractivity contribution in [1.29, 1.82) is 0 Å². The predicted molar refractivity (Wildman–Crippen MR) is 137 cm³/mol. The van der Waals surface area contributed by atoms with Crippen LogP contribution < -0.4 is 9.77 Å². The number of aromatic amines is 1. The number of H-pyrrole nitrogens is 1. The number of rotatable bonds is 7. The van der Waals surface area contributed by atoms with E-state index in [1.54, 1.807) is 11.8 Å². The fourth-order valence-electron chi connectivity index (χ4n) is 7.36. The number of carbonyl (C=O) groups excluding carboxylic acids is 2. The van der Waals surface area contributed by atoms with E-state index in [1.165, 1.54) is 16.2 Å². The van der Waals surface area contributed by atoms with Crippen molar-refractivity contribution >= 4 is 46.6 Å². The molecule has 2 aromatic rings. The maximum Gasteiger partial charge on any atom is 0.305 e. The number of hydrogen-bond donors (Lipinski definition) is 2. The summed E-state index contributed by atoms with van der Waals surface area (Å²) in [5, 5.41) is 10.1. The second kappa shape index (κ2) is 8.76. The number of anilines is 1. The summed E-state index contributed by atoms with van der Waals surface area (Å²) in [5.41, 5.74) is 2.30. The summed E-state index contributed by atoms with van der Waals surface area (Å²) in [6.07, 6.45) is 0.600. The molecule has 3 fully saturated rings. The number of aromatic nitrogens is 1. The van der Waals surface area contributed by atoms with E-state index in [9.17, 15) is 19.2 Å². The first kappa shape index (κ1) is 23.8. The van der Waals surface area contributed by atoms with E-state index in [0.717, 1.165) is 40.7 Å². The van der Waals surface area contributed by atoms with Gasteiger partial charge in [0, 0.05) is 41.4 Å². The van der Waals surface area contributed by atoms with Crippen LogP contribution in [-0.4, -0.2) is 57.7 Å². The Morgan fingerprint density at radius 1 is 1.08 bits per heavy atom. The fourth-order valence-corrected chi connectivity index (χ4v) is 10.2. The van der Waals surface area contributed by atoms with Crippen molar-refractivity contribution in [1.82, 2.24) is 9.88 Å². The Hall–Kier alpha value is -2.59. The van der Waals surface area contributed by atoms with Crippen molar-refractivity contribution in [3.63, 3.8) is 0 Å². The van der Waals surface area contributed by atoms with Gasteiger partial charge in [-0.2, -0.15) is 0 Å². The van der Waals surface area contributed by atoms with Crippen LogP contribution in [0.25, 0.3) is 0 Å². The smallest absolute Gasteiger partial charge is 0.305 e. The minimum Gasteiger partial charge on any atom is -0.481 e. The quantitative estimate of drug-likeness (QED) is 0.532. The minimum absolute atomic E-state index is 0.00660. The van der Waals surface area contributed by atoms with E-state index in [0.29, 0.717) is 0 Å². The lowest BCUT2D eigenvalue weighted by atomic mass is 9.68. The number of nitrogens with zero attached hydrogens (tertiary/aromatic N) is 2. The summed E-state index contributed by atoms with van der Waals surface area (Å²) in [6.45, 7) is 6.06. The molecule has 190 valence electrons. The van der Waals surface area contributed by atoms with E-state index in [-0.39, 0.29) is 70.4 Å². The van der Waals surface area contributed by atoms with Gasteiger partial charge in [-0.05, 0) is 55.7 Å². The average Bonchev–Trinajstić information content (AvgIpc) is 3.58. The Kier molecular flexibility index (Phi) is 5.79. The maximum absolute atomic E-state index is 13.4. The van der Waals surface area contributed by atoms with Gasteiger partial charge in [-0.3, -0.25) is 24.1 Å². The molecule has 2 saturated carbocycles. The Balaban J connectivity index is 1.38. The highest BCUT2D eigenvalue weighted by atomic mass is 32.2. The van der Waals surface area contributed by atoms with E-state index in [2.05, 4.69) is 48.0 Å². The maximum atomic E-state index is 13.4. The highest BCUT2D eigenvalue weighted by Crippen LogP contribution is 2.68. The molecule has 1 aromatic carbocycles. The molecule has 3 heterocycles. The fraction of sp³-hybridized carbons (Fsp3) is 0.538. The number of nitrogens with one attached hydrogen (secondary N) is 1. The number of thioether (sulfide) groups is 1. The zero-order valence-electron chi connectivity index (χ0n) is 20.2. The molecule has 4 aliphatic rings. The van der Waals surface area contributed by atoms with Crippen LogP contribution in [0, 0.1) is 29.6 Å². The van der Waals surface area contributed by atoms with Crippen LogP contribution in [0.1, 0.15) is 43.0 Å². The zero-order chi connectivity index (χ0) is 25.3.